The molecule has 0 aromatic heterocycles. The molecule has 3 amide bonds. The average molecular weight is 409 g/mol. The summed E-state index contributed by atoms with van der Waals surface area (Å²) in [4.78, 5) is 24.5. The molecule has 1 atom stereocenters. The molecule has 0 aliphatic carbocycles. The molecule has 0 saturated heterocycles. The Kier molecular flexibility index (Phi) is 6.71. The zero-order valence-electron chi connectivity index (χ0n) is 15.8. The van der Waals surface area contributed by atoms with Crippen molar-refractivity contribution in [3.8, 4) is 0 Å². The fourth-order valence-electron chi connectivity index (χ4n) is 2.63. The normalized spacial score (nSPS) is 11.2. The highest BCUT2D eigenvalue weighted by atomic mass is 35.5. The molecule has 3 rings (SSSR count). The van der Waals surface area contributed by atoms with E-state index in [-0.39, 0.29) is 11.9 Å². The van der Waals surface area contributed by atoms with Crippen molar-refractivity contribution in [2.75, 3.05) is 21.3 Å². The van der Waals surface area contributed by atoms with Crippen LogP contribution in [0.25, 0.3) is 0 Å². The van der Waals surface area contributed by atoms with Crippen LogP contribution in [0.3, 0.4) is 0 Å². The molecule has 0 spiro atoms. The first-order valence-electron chi connectivity index (χ1n) is 9.06. The number of para-hydroxylation sites is 1. The van der Waals surface area contributed by atoms with E-state index in [1.54, 1.807) is 61.5 Å². The number of halogens is 1. The van der Waals surface area contributed by atoms with E-state index in [0.29, 0.717) is 27.8 Å². The molecule has 0 heterocycles. The van der Waals surface area contributed by atoms with Crippen molar-refractivity contribution in [2.24, 2.45) is 0 Å². The summed E-state index contributed by atoms with van der Waals surface area (Å²) in [5.41, 5.74) is 2.64. The minimum absolute atomic E-state index is 0.201. The van der Waals surface area contributed by atoms with Crippen molar-refractivity contribution in [3.05, 3.63) is 83.9 Å². The van der Waals surface area contributed by atoms with Gasteiger partial charge in [-0.05, 0) is 55.5 Å². The lowest BCUT2D eigenvalue weighted by Gasteiger charge is -2.16. The Bertz CT molecular complexity index is 995. The van der Waals surface area contributed by atoms with E-state index in [4.69, 9.17) is 11.6 Å². The van der Waals surface area contributed by atoms with Crippen molar-refractivity contribution in [2.45, 2.75) is 13.0 Å². The van der Waals surface area contributed by atoms with Crippen LogP contribution in [0.15, 0.2) is 78.9 Å². The van der Waals surface area contributed by atoms with Gasteiger partial charge in [-0.2, -0.15) is 0 Å². The molecule has 148 valence electrons. The highest BCUT2D eigenvalue weighted by Gasteiger charge is 2.13. The summed E-state index contributed by atoms with van der Waals surface area (Å²) >= 11 is 5.94. The highest BCUT2D eigenvalue weighted by molar-refractivity contribution is 6.30. The Morgan fingerprint density at radius 3 is 2.03 bits per heavy atom. The number of amides is 3. The second-order valence-corrected chi connectivity index (χ2v) is 6.83. The van der Waals surface area contributed by atoms with E-state index in [1.807, 2.05) is 24.3 Å². The van der Waals surface area contributed by atoms with Gasteiger partial charge in [0.2, 0.25) is 5.91 Å². The van der Waals surface area contributed by atoms with Crippen LogP contribution in [-0.4, -0.2) is 18.0 Å². The molecule has 0 aliphatic rings. The molecule has 0 bridgehead atoms. The molecule has 3 aromatic rings. The Morgan fingerprint density at radius 1 is 0.724 bits per heavy atom. The first-order chi connectivity index (χ1) is 14.0. The van der Waals surface area contributed by atoms with Crippen molar-refractivity contribution >= 4 is 46.3 Å². The van der Waals surface area contributed by atoms with Gasteiger partial charge in [0.05, 0.1) is 0 Å². The number of rotatable bonds is 6. The maximum absolute atomic E-state index is 12.4. The van der Waals surface area contributed by atoms with Gasteiger partial charge in [-0.25, -0.2) is 4.79 Å². The van der Waals surface area contributed by atoms with Crippen molar-refractivity contribution in [1.29, 1.82) is 0 Å². The molecule has 0 radical (unpaired) electrons. The first kappa shape index (κ1) is 20.2. The van der Waals surface area contributed by atoms with Gasteiger partial charge in [-0.15, -0.1) is 0 Å². The number of hydrogen-bond donors (Lipinski definition) is 4. The van der Waals surface area contributed by atoms with Gasteiger partial charge in [0.15, 0.2) is 0 Å². The predicted octanol–water partition coefficient (Wildman–Crippen LogP) is 5.42. The number of carbonyl (C=O) groups excluding carboxylic acids is 2. The van der Waals surface area contributed by atoms with Gasteiger partial charge in [-0.3, -0.25) is 4.79 Å². The summed E-state index contributed by atoms with van der Waals surface area (Å²) in [7, 11) is 0. The van der Waals surface area contributed by atoms with Gasteiger partial charge >= 0.3 is 6.03 Å². The monoisotopic (exact) mass is 408 g/mol. The Labute approximate surface area is 174 Å². The average Bonchev–Trinajstić information content (AvgIpc) is 2.69. The largest absolute Gasteiger partial charge is 0.374 e. The molecular weight excluding hydrogens is 388 g/mol. The number of anilines is 4. The fraction of sp³-hybridized carbons (Fsp3) is 0.0909. The number of hydrogen-bond acceptors (Lipinski definition) is 3. The molecule has 3 aromatic carbocycles. The predicted molar refractivity (Wildman–Crippen MR) is 119 cm³/mol. The quantitative estimate of drug-likeness (QED) is 0.439. The van der Waals surface area contributed by atoms with Gasteiger partial charge in [0, 0.05) is 27.8 Å². The summed E-state index contributed by atoms with van der Waals surface area (Å²) in [6, 6.07) is 22.4. The Hall–Kier alpha value is -3.51. The summed E-state index contributed by atoms with van der Waals surface area (Å²) in [6.07, 6.45) is 0. The van der Waals surface area contributed by atoms with Crippen LogP contribution in [-0.2, 0) is 4.79 Å². The number of carbonyl (C=O) groups is 2. The van der Waals surface area contributed by atoms with E-state index in [0.717, 1.165) is 0 Å². The third-order valence-electron chi connectivity index (χ3n) is 4.02. The maximum atomic E-state index is 12.4. The molecule has 7 heteroatoms. The lowest BCUT2D eigenvalue weighted by molar-refractivity contribution is -0.116. The van der Waals surface area contributed by atoms with E-state index >= 15 is 0 Å². The van der Waals surface area contributed by atoms with Crippen molar-refractivity contribution in [3.63, 3.8) is 0 Å². The topological polar surface area (TPSA) is 82.3 Å². The lowest BCUT2D eigenvalue weighted by Crippen LogP contribution is -2.31. The molecule has 0 aliphatic heterocycles. The summed E-state index contributed by atoms with van der Waals surface area (Å²) in [5, 5.41) is 12.0. The molecule has 0 unspecified atom stereocenters. The minimum Gasteiger partial charge on any atom is -0.374 e. The fourth-order valence-corrected chi connectivity index (χ4v) is 2.82. The second-order valence-electron chi connectivity index (χ2n) is 6.39. The van der Waals surface area contributed by atoms with Crippen LogP contribution >= 0.6 is 11.6 Å². The minimum atomic E-state index is -0.498. The first-order valence-corrected chi connectivity index (χ1v) is 9.43. The molecular formula is C22H21ClN4O2. The van der Waals surface area contributed by atoms with Crippen LogP contribution in [0.4, 0.5) is 27.5 Å². The molecule has 0 saturated carbocycles. The van der Waals surface area contributed by atoms with Crippen LogP contribution in [0.2, 0.25) is 5.02 Å². The van der Waals surface area contributed by atoms with Crippen LogP contribution in [0.1, 0.15) is 6.92 Å². The molecule has 0 fully saturated rings. The van der Waals surface area contributed by atoms with E-state index < -0.39 is 6.04 Å². The van der Waals surface area contributed by atoms with Crippen LogP contribution in [0.5, 0.6) is 0 Å². The van der Waals surface area contributed by atoms with E-state index in [1.165, 1.54) is 0 Å². The second kappa shape index (κ2) is 9.61. The van der Waals surface area contributed by atoms with Crippen molar-refractivity contribution in [1.82, 2.24) is 0 Å². The summed E-state index contributed by atoms with van der Waals surface area (Å²) < 4.78 is 0. The van der Waals surface area contributed by atoms with Crippen LogP contribution in [0, 0.1) is 0 Å². The third-order valence-corrected chi connectivity index (χ3v) is 4.26. The maximum Gasteiger partial charge on any atom is 0.323 e. The van der Waals surface area contributed by atoms with Gasteiger partial charge in [0.1, 0.15) is 6.04 Å². The highest BCUT2D eigenvalue weighted by Crippen LogP contribution is 2.18. The molecule has 6 nitrogen and oxygen atoms in total. The molecule has 29 heavy (non-hydrogen) atoms. The summed E-state index contributed by atoms with van der Waals surface area (Å²) in [5.74, 6) is -0.201. The van der Waals surface area contributed by atoms with Gasteiger partial charge in [-0.1, -0.05) is 41.9 Å². The van der Waals surface area contributed by atoms with E-state index in [9.17, 15) is 9.59 Å². The molecule has 4 N–H and O–H groups in total. The zero-order chi connectivity index (χ0) is 20.6. The lowest BCUT2D eigenvalue weighted by atomic mass is 10.2. The Balaban J connectivity index is 1.57. The van der Waals surface area contributed by atoms with E-state index in [2.05, 4.69) is 21.3 Å². The number of benzene rings is 3. The standard InChI is InChI=1S/C22H21ClN4O2/c1-15(21(28)25-18-10-5-7-16(23)13-18)24-19-11-6-12-20(14-19)27-22(29)26-17-8-3-2-4-9-17/h2-15,24H,1H3,(H,25,28)(H2,26,27,29)/t15-/m0/s1. The number of urea groups is 1. The van der Waals surface area contributed by atoms with Crippen LogP contribution < -0.4 is 21.3 Å². The SMILES string of the molecule is C[C@H](Nc1cccc(NC(=O)Nc2ccccc2)c1)C(=O)Nc1cccc(Cl)c1. The third kappa shape index (κ3) is 6.26. The van der Waals surface area contributed by atoms with Crippen molar-refractivity contribution < 1.29 is 9.59 Å². The smallest absolute Gasteiger partial charge is 0.323 e. The Morgan fingerprint density at radius 2 is 1.31 bits per heavy atom. The van der Waals surface area contributed by atoms with Gasteiger partial charge in [0.25, 0.3) is 0 Å². The van der Waals surface area contributed by atoms with Gasteiger partial charge < -0.3 is 21.3 Å². The number of nitrogens with one attached hydrogen (secondary N) is 4. The zero-order valence-corrected chi connectivity index (χ0v) is 16.5. The summed E-state index contributed by atoms with van der Waals surface area (Å²) in [6.45, 7) is 1.75.